The molecular weight excluding hydrogens is 290 g/mol. The van der Waals surface area contributed by atoms with Crippen molar-refractivity contribution in [1.29, 1.82) is 0 Å². The van der Waals surface area contributed by atoms with E-state index >= 15 is 0 Å². The SMILES string of the molecule is Cc1ccc2nc(-c3c(O)c4ccccc4oc3=O)ccc2c1. The summed E-state index contributed by atoms with van der Waals surface area (Å²) in [5, 5.41) is 12.0. The minimum Gasteiger partial charge on any atom is -0.506 e. The minimum atomic E-state index is -0.597. The Bertz CT molecular complexity index is 1110. The predicted molar refractivity (Wildman–Crippen MR) is 89.6 cm³/mol. The monoisotopic (exact) mass is 303 g/mol. The fraction of sp³-hybridized carbons (Fsp3) is 0.0526. The number of fused-ring (bicyclic) bond motifs is 2. The molecular formula is C19H13NO3. The van der Waals surface area contributed by atoms with Crippen LogP contribution in [0.1, 0.15) is 5.56 Å². The Hall–Kier alpha value is -3.14. The number of aromatic hydroxyl groups is 1. The summed E-state index contributed by atoms with van der Waals surface area (Å²) in [5.74, 6) is -0.101. The van der Waals surface area contributed by atoms with E-state index in [-0.39, 0.29) is 11.3 Å². The van der Waals surface area contributed by atoms with Gasteiger partial charge in [-0.3, -0.25) is 0 Å². The number of hydrogen-bond donors (Lipinski definition) is 1. The fourth-order valence-electron chi connectivity index (χ4n) is 2.74. The zero-order valence-corrected chi connectivity index (χ0v) is 12.4. The molecule has 4 rings (SSSR count). The summed E-state index contributed by atoms with van der Waals surface area (Å²) in [6.07, 6.45) is 0. The van der Waals surface area contributed by atoms with Crippen molar-refractivity contribution in [3.8, 4) is 17.0 Å². The first-order valence-corrected chi connectivity index (χ1v) is 7.26. The van der Waals surface area contributed by atoms with Gasteiger partial charge in [-0.1, -0.05) is 29.8 Å². The minimum absolute atomic E-state index is 0.0891. The Labute approximate surface area is 131 Å². The van der Waals surface area contributed by atoms with E-state index in [1.165, 1.54) is 0 Å². The molecule has 23 heavy (non-hydrogen) atoms. The zero-order valence-electron chi connectivity index (χ0n) is 12.4. The molecule has 0 amide bonds. The largest absolute Gasteiger partial charge is 0.506 e. The summed E-state index contributed by atoms with van der Waals surface area (Å²) in [6.45, 7) is 2.01. The van der Waals surface area contributed by atoms with Gasteiger partial charge in [0.1, 0.15) is 16.9 Å². The van der Waals surface area contributed by atoms with Crippen LogP contribution in [0.2, 0.25) is 0 Å². The lowest BCUT2D eigenvalue weighted by molar-refractivity contribution is 0.471. The highest BCUT2D eigenvalue weighted by Gasteiger charge is 2.17. The van der Waals surface area contributed by atoms with Gasteiger partial charge in [-0.2, -0.15) is 0 Å². The van der Waals surface area contributed by atoms with Crippen LogP contribution < -0.4 is 5.63 Å². The highest BCUT2D eigenvalue weighted by Crippen LogP contribution is 2.32. The summed E-state index contributed by atoms with van der Waals surface area (Å²) < 4.78 is 5.30. The lowest BCUT2D eigenvalue weighted by atomic mass is 10.1. The van der Waals surface area contributed by atoms with Crippen molar-refractivity contribution in [2.24, 2.45) is 0 Å². The van der Waals surface area contributed by atoms with Crippen LogP contribution in [0.5, 0.6) is 5.75 Å². The maximum absolute atomic E-state index is 12.3. The standard InChI is InChI=1S/C19H13NO3/c1-11-6-8-14-12(10-11)7-9-15(20-14)17-18(21)13-4-2-3-5-16(13)23-19(17)22/h2-10,21H,1H3. The predicted octanol–water partition coefficient (Wildman–Crippen LogP) is 4.02. The topological polar surface area (TPSA) is 63.3 Å². The number of nitrogens with zero attached hydrogens (tertiary/aromatic N) is 1. The first kappa shape index (κ1) is 13.5. The Morgan fingerprint density at radius 1 is 1.04 bits per heavy atom. The third-order valence-electron chi connectivity index (χ3n) is 3.89. The average molecular weight is 303 g/mol. The van der Waals surface area contributed by atoms with Gasteiger partial charge < -0.3 is 9.52 Å². The van der Waals surface area contributed by atoms with Gasteiger partial charge in [-0.05, 0) is 37.3 Å². The van der Waals surface area contributed by atoms with E-state index in [4.69, 9.17) is 4.42 Å². The quantitative estimate of drug-likeness (QED) is 0.539. The maximum atomic E-state index is 12.3. The Morgan fingerprint density at radius 2 is 1.87 bits per heavy atom. The van der Waals surface area contributed by atoms with Gasteiger partial charge in [0.05, 0.1) is 16.6 Å². The molecule has 0 aliphatic heterocycles. The Morgan fingerprint density at radius 3 is 2.74 bits per heavy atom. The molecule has 0 bridgehead atoms. The zero-order chi connectivity index (χ0) is 16.0. The number of aromatic nitrogens is 1. The number of pyridine rings is 1. The normalized spacial score (nSPS) is 11.2. The molecule has 0 aliphatic rings. The fourth-order valence-corrected chi connectivity index (χ4v) is 2.74. The van der Waals surface area contributed by atoms with Crippen LogP contribution in [-0.2, 0) is 0 Å². The van der Waals surface area contributed by atoms with Gasteiger partial charge in [-0.15, -0.1) is 0 Å². The summed E-state index contributed by atoms with van der Waals surface area (Å²) in [5.41, 5.74) is 2.15. The molecule has 0 unspecified atom stereocenters. The molecule has 4 nitrogen and oxygen atoms in total. The van der Waals surface area contributed by atoms with E-state index in [1.54, 1.807) is 30.3 Å². The van der Waals surface area contributed by atoms with Crippen LogP contribution in [0.25, 0.3) is 33.1 Å². The van der Waals surface area contributed by atoms with Crippen molar-refractivity contribution in [2.75, 3.05) is 0 Å². The first-order chi connectivity index (χ1) is 11.1. The van der Waals surface area contributed by atoms with Crippen LogP contribution in [0.3, 0.4) is 0 Å². The molecule has 0 saturated carbocycles. The smallest absolute Gasteiger partial charge is 0.349 e. The second-order valence-corrected chi connectivity index (χ2v) is 5.50. The molecule has 2 aromatic heterocycles. The third-order valence-corrected chi connectivity index (χ3v) is 3.89. The average Bonchev–Trinajstić information content (AvgIpc) is 2.55. The Balaban J connectivity index is 2.02. The molecule has 0 radical (unpaired) electrons. The van der Waals surface area contributed by atoms with Crippen molar-refractivity contribution >= 4 is 21.9 Å². The van der Waals surface area contributed by atoms with Crippen LogP contribution >= 0.6 is 0 Å². The maximum Gasteiger partial charge on any atom is 0.349 e. The molecule has 1 N–H and O–H groups in total. The van der Waals surface area contributed by atoms with Gasteiger partial charge in [0.25, 0.3) is 0 Å². The van der Waals surface area contributed by atoms with Gasteiger partial charge in [0.2, 0.25) is 0 Å². The Kier molecular flexibility index (Phi) is 2.91. The van der Waals surface area contributed by atoms with E-state index in [0.717, 1.165) is 16.5 Å². The van der Waals surface area contributed by atoms with Crippen LogP contribution in [0.15, 0.2) is 63.8 Å². The molecule has 2 aromatic carbocycles. The van der Waals surface area contributed by atoms with Gasteiger partial charge in [-0.25, -0.2) is 9.78 Å². The van der Waals surface area contributed by atoms with E-state index < -0.39 is 5.63 Å². The van der Waals surface area contributed by atoms with Crippen molar-refractivity contribution in [3.63, 3.8) is 0 Å². The molecule has 0 atom stereocenters. The van der Waals surface area contributed by atoms with Crippen molar-refractivity contribution < 1.29 is 9.52 Å². The summed E-state index contributed by atoms with van der Waals surface area (Å²) >= 11 is 0. The second kappa shape index (κ2) is 4.95. The van der Waals surface area contributed by atoms with Gasteiger partial charge >= 0.3 is 5.63 Å². The molecule has 0 fully saturated rings. The van der Waals surface area contributed by atoms with E-state index in [1.807, 2.05) is 31.2 Å². The highest BCUT2D eigenvalue weighted by atomic mass is 16.4. The summed E-state index contributed by atoms with van der Waals surface area (Å²) in [7, 11) is 0. The number of aryl methyl sites for hydroxylation is 1. The summed E-state index contributed by atoms with van der Waals surface area (Å²) in [4.78, 5) is 16.8. The van der Waals surface area contributed by atoms with E-state index in [9.17, 15) is 9.90 Å². The van der Waals surface area contributed by atoms with Crippen molar-refractivity contribution in [1.82, 2.24) is 4.98 Å². The third kappa shape index (κ3) is 2.16. The van der Waals surface area contributed by atoms with E-state index in [2.05, 4.69) is 4.98 Å². The second-order valence-electron chi connectivity index (χ2n) is 5.50. The number of para-hydroxylation sites is 1. The lowest BCUT2D eigenvalue weighted by Gasteiger charge is -2.07. The first-order valence-electron chi connectivity index (χ1n) is 7.26. The van der Waals surface area contributed by atoms with Crippen molar-refractivity contribution in [2.45, 2.75) is 6.92 Å². The van der Waals surface area contributed by atoms with Crippen LogP contribution in [-0.4, -0.2) is 10.1 Å². The van der Waals surface area contributed by atoms with Crippen LogP contribution in [0.4, 0.5) is 0 Å². The summed E-state index contributed by atoms with van der Waals surface area (Å²) in [6, 6.07) is 16.4. The highest BCUT2D eigenvalue weighted by molar-refractivity contribution is 5.90. The van der Waals surface area contributed by atoms with E-state index in [0.29, 0.717) is 16.7 Å². The van der Waals surface area contributed by atoms with Gasteiger partial charge in [0, 0.05) is 5.39 Å². The lowest BCUT2D eigenvalue weighted by Crippen LogP contribution is -2.04. The molecule has 0 saturated heterocycles. The number of rotatable bonds is 1. The number of benzene rings is 2. The molecule has 4 heteroatoms. The van der Waals surface area contributed by atoms with Gasteiger partial charge in [0.15, 0.2) is 0 Å². The molecule has 2 heterocycles. The molecule has 0 aliphatic carbocycles. The van der Waals surface area contributed by atoms with Crippen molar-refractivity contribution in [3.05, 3.63) is 70.6 Å². The molecule has 112 valence electrons. The molecule has 0 spiro atoms. The van der Waals surface area contributed by atoms with Crippen LogP contribution in [0, 0.1) is 6.92 Å². The molecule has 4 aromatic rings. The number of hydrogen-bond acceptors (Lipinski definition) is 4.